The van der Waals surface area contributed by atoms with Crippen LogP contribution < -0.4 is 5.32 Å². The van der Waals surface area contributed by atoms with E-state index in [1.807, 2.05) is 6.92 Å². The first kappa shape index (κ1) is 15.4. The van der Waals surface area contributed by atoms with Gasteiger partial charge in [0.15, 0.2) is 0 Å². The fourth-order valence-corrected chi connectivity index (χ4v) is 2.57. The second-order valence-electron chi connectivity index (χ2n) is 6.24. The Labute approximate surface area is 111 Å². The van der Waals surface area contributed by atoms with Crippen molar-refractivity contribution in [3.8, 4) is 0 Å². The van der Waals surface area contributed by atoms with E-state index in [1.165, 1.54) is 6.42 Å². The summed E-state index contributed by atoms with van der Waals surface area (Å²) < 4.78 is 0. The molecule has 106 valence electrons. The van der Waals surface area contributed by atoms with Crippen LogP contribution in [0.1, 0.15) is 33.6 Å². The van der Waals surface area contributed by atoms with Crippen molar-refractivity contribution in [3.05, 3.63) is 0 Å². The second kappa shape index (κ2) is 6.53. The van der Waals surface area contributed by atoms with Gasteiger partial charge in [0.1, 0.15) is 0 Å². The fraction of sp³-hybridized carbons (Fsp3) is 0.929. The number of rotatable bonds is 6. The third-order valence-electron chi connectivity index (χ3n) is 4.30. The van der Waals surface area contributed by atoms with Gasteiger partial charge in [-0.2, -0.15) is 0 Å². The number of amides is 1. The Bertz CT molecular complexity index is 275. The van der Waals surface area contributed by atoms with Gasteiger partial charge in [0, 0.05) is 13.1 Å². The number of aliphatic hydroxyl groups excluding tert-OH is 1. The number of nitrogens with zero attached hydrogens (tertiary/aromatic N) is 1. The van der Waals surface area contributed by atoms with Gasteiger partial charge in [-0.1, -0.05) is 20.8 Å². The van der Waals surface area contributed by atoms with Crippen LogP contribution in [0.15, 0.2) is 0 Å². The number of nitrogens with one attached hydrogen (secondary N) is 1. The van der Waals surface area contributed by atoms with Gasteiger partial charge < -0.3 is 15.3 Å². The van der Waals surface area contributed by atoms with Crippen LogP contribution in [-0.2, 0) is 4.79 Å². The molecule has 0 spiro atoms. The molecule has 1 fully saturated rings. The summed E-state index contributed by atoms with van der Waals surface area (Å²) in [5, 5.41) is 12.1. The first-order chi connectivity index (χ1) is 8.40. The Hall–Kier alpha value is -0.610. The molecule has 0 aliphatic carbocycles. The zero-order valence-corrected chi connectivity index (χ0v) is 12.2. The molecule has 0 aromatic rings. The van der Waals surface area contributed by atoms with Gasteiger partial charge in [-0.25, -0.2) is 0 Å². The molecule has 2 unspecified atom stereocenters. The molecule has 0 saturated carbocycles. The molecule has 1 aliphatic heterocycles. The molecule has 1 saturated heterocycles. The minimum atomic E-state index is -0.257. The highest BCUT2D eigenvalue weighted by molar-refractivity contribution is 5.78. The van der Waals surface area contributed by atoms with E-state index in [0.717, 1.165) is 13.1 Å². The lowest BCUT2D eigenvalue weighted by atomic mass is 9.78. The van der Waals surface area contributed by atoms with Crippen molar-refractivity contribution < 1.29 is 9.90 Å². The van der Waals surface area contributed by atoms with Crippen LogP contribution in [0.4, 0.5) is 0 Å². The van der Waals surface area contributed by atoms with Crippen molar-refractivity contribution in [3.63, 3.8) is 0 Å². The Kier molecular flexibility index (Phi) is 5.60. The highest BCUT2D eigenvalue weighted by Crippen LogP contribution is 2.33. The van der Waals surface area contributed by atoms with Crippen molar-refractivity contribution >= 4 is 5.91 Å². The zero-order valence-electron chi connectivity index (χ0n) is 12.2. The monoisotopic (exact) mass is 256 g/mol. The lowest BCUT2D eigenvalue weighted by Gasteiger charge is -2.32. The minimum absolute atomic E-state index is 0.0144. The summed E-state index contributed by atoms with van der Waals surface area (Å²) >= 11 is 0. The van der Waals surface area contributed by atoms with E-state index < -0.39 is 0 Å². The summed E-state index contributed by atoms with van der Waals surface area (Å²) in [6.45, 7) is 9.26. The van der Waals surface area contributed by atoms with Gasteiger partial charge in [-0.15, -0.1) is 0 Å². The normalized spacial score (nSPS) is 23.1. The first-order valence-electron chi connectivity index (χ1n) is 6.97. The van der Waals surface area contributed by atoms with E-state index in [4.69, 9.17) is 5.11 Å². The van der Waals surface area contributed by atoms with Crippen LogP contribution in [0.2, 0.25) is 0 Å². The molecule has 1 heterocycles. The summed E-state index contributed by atoms with van der Waals surface area (Å²) in [4.78, 5) is 14.2. The van der Waals surface area contributed by atoms with Crippen LogP contribution in [0, 0.1) is 17.3 Å². The van der Waals surface area contributed by atoms with E-state index in [1.54, 1.807) is 0 Å². The van der Waals surface area contributed by atoms with Gasteiger partial charge in [-0.05, 0) is 37.8 Å². The molecule has 1 aliphatic rings. The van der Waals surface area contributed by atoms with Crippen molar-refractivity contribution in [2.24, 2.45) is 17.3 Å². The lowest BCUT2D eigenvalue weighted by molar-refractivity contribution is -0.126. The standard InChI is InChI=1S/C14H28N2O2/c1-5-11(9-17)13(18)15-10-14(2,3)12-6-7-16(4)8-12/h11-12,17H,5-10H2,1-4H3,(H,15,18). The van der Waals surface area contributed by atoms with Gasteiger partial charge in [-0.3, -0.25) is 4.79 Å². The van der Waals surface area contributed by atoms with Crippen LogP contribution in [0.5, 0.6) is 0 Å². The number of carbonyl (C=O) groups is 1. The summed E-state index contributed by atoms with van der Waals surface area (Å²) in [7, 11) is 2.15. The third kappa shape index (κ3) is 3.95. The van der Waals surface area contributed by atoms with E-state index >= 15 is 0 Å². The average Bonchev–Trinajstić information content (AvgIpc) is 2.76. The summed E-state index contributed by atoms with van der Waals surface area (Å²) in [6, 6.07) is 0. The number of likely N-dealkylation sites (tertiary alicyclic amines) is 1. The number of hydrogen-bond acceptors (Lipinski definition) is 3. The molecule has 0 radical (unpaired) electrons. The molecular weight excluding hydrogens is 228 g/mol. The Balaban J connectivity index is 2.43. The van der Waals surface area contributed by atoms with Crippen molar-refractivity contribution in [2.45, 2.75) is 33.6 Å². The molecule has 4 nitrogen and oxygen atoms in total. The van der Waals surface area contributed by atoms with Crippen LogP contribution in [-0.4, -0.2) is 49.2 Å². The third-order valence-corrected chi connectivity index (χ3v) is 4.30. The molecule has 1 rings (SSSR count). The highest BCUT2D eigenvalue weighted by Gasteiger charge is 2.34. The maximum absolute atomic E-state index is 11.8. The number of carbonyl (C=O) groups excluding carboxylic acids is 1. The van der Waals surface area contributed by atoms with E-state index in [9.17, 15) is 4.79 Å². The minimum Gasteiger partial charge on any atom is -0.396 e. The molecule has 1 amide bonds. The van der Waals surface area contributed by atoms with Gasteiger partial charge in [0.2, 0.25) is 5.91 Å². The Morgan fingerprint density at radius 1 is 1.56 bits per heavy atom. The number of hydrogen-bond donors (Lipinski definition) is 2. The van der Waals surface area contributed by atoms with Gasteiger partial charge >= 0.3 is 0 Å². The Morgan fingerprint density at radius 3 is 2.67 bits per heavy atom. The molecular formula is C14H28N2O2. The topological polar surface area (TPSA) is 52.6 Å². The smallest absolute Gasteiger partial charge is 0.225 e. The quantitative estimate of drug-likeness (QED) is 0.748. The summed E-state index contributed by atoms with van der Waals surface area (Å²) in [5.74, 6) is 0.364. The van der Waals surface area contributed by atoms with Crippen LogP contribution in [0.25, 0.3) is 0 Å². The zero-order chi connectivity index (χ0) is 13.8. The SMILES string of the molecule is CCC(CO)C(=O)NCC(C)(C)C1CCN(C)C1. The van der Waals surface area contributed by atoms with Gasteiger partial charge in [0.05, 0.1) is 12.5 Å². The molecule has 4 heteroatoms. The molecule has 2 N–H and O–H groups in total. The summed E-state index contributed by atoms with van der Waals surface area (Å²) in [6.07, 6.45) is 1.89. The molecule has 0 aromatic heterocycles. The van der Waals surface area contributed by atoms with Crippen LogP contribution >= 0.6 is 0 Å². The average molecular weight is 256 g/mol. The predicted molar refractivity (Wildman–Crippen MR) is 73.3 cm³/mol. The largest absolute Gasteiger partial charge is 0.396 e. The molecule has 2 atom stereocenters. The highest BCUT2D eigenvalue weighted by atomic mass is 16.3. The van der Waals surface area contributed by atoms with E-state index in [2.05, 4.69) is 31.1 Å². The molecule has 0 aromatic carbocycles. The van der Waals surface area contributed by atoms with E-state index in [-0.39, 0.29) is 23.8 Å². The molecule has 0 bridgehead atoms. The fourth-order valence-electron chi connectivity index (χ4n) is 2.57. The number of aliphatic hydroxyl groups is 1. The predicted octanol–water partition coefficient (Wildman–Crippen LogP) is 1.10. The lowest BCUT2D eigenvalue weighted by Crippen LogP contribution is -2.42. The van der Waals surface area contributed by atoms with Crippen molar-refractivity contribution in [1.82, 2.24) is 10.2 Å². The molecule has 18 heavy (non-hydrogen) atoms. The van der Waals surface area contributed by atoms with Crippen LogP contribution in [0.3, 0.4) is 0 Å². The second-order valence-corrected chi connectivity index (χ2v) is 6.24. The maximum atomic E-state index is 11.8. The van der Waals surface area contributed by atoms with Crippen molar-refractivity contribution in [1.29, 1.82) is 0 Å². The maximum Gasteiger partial charge on any atom is 0.225 e. The van der Waals surface area contributed by atoms with E-state index in [0.29, 0.717) is 18.9 Å². The first-order valence-corrected chi connectivity index (χ1v) is 6.97. The van der Waals surface area contributed by atoms with Gasteiger partial charge in [0.25, 0.3) is 0 Å². The summed E-state index contributed by atoms with van der Waals surface area (Å²) in [5.41, 5.74) is 0.119. The van der Waals surface area contributed by atoms with Crippen molar-refractivity contribution in [2.75, 3.05) is 33.3 Å². The Morgan fingerprint density at radius 2 is 2.22 bits per heavy atom.